The van der Waals surface area contributed by atoms with E-state index in [2.05, 4.69) is 10.1 Å². The SMILES string of the molecule is CCn1nc2[nH]c(=O)cc(C(F)F)c2c1C. The molecule has 2 aromatic rings. The first-order valence-corrected chi connectivity index (χ1v) is 4.93. The number of nitrogens with zero attached hydrogens (tertiary/aromatic N) is 2. The summed E-state index contributed by atoms with van der Waals surface area (Å²) in [6.07, 6.45) is -2.67. The second-order valence-electron chi connectivity index (χ2n) is 3.51. The Morgan fingerprint density at radius 1 is 1.56 bits per heavy atom. The number of rotatable bonds is 2. The van der Waals surface area contributed by atoms with Gasteiger partial charge in [-0.05, 0) is 13.8 Å². The molecule has 0 saturated carbocycles. The first-order chi connectivity index (χ1) is 7.54. The quantitative estimate of drug-likeness (QED) is 0.852. The Morgan fingerprint density at radius 2 is 2.25 bits per heavy atom. The zero-order valence-electron chi connectivity index (χ0n) is 8.92. The van der Waals surface area contributed by atoms with Gasteiger partial charge in [-0.2, -0.15) is 5.10 Å². The molecule has 0 aromatic carbocycles. The Morgan fingerprint density at radius 3 is 2.81 bits per heavy atom. The molecule has 0 radical (unpaired) electrons. The maximum atomic E-state index is 12.8. The van der Waals surface area contributed by atoms with Crippen LogP contribution in [0.2, 0.25) is 0 Å². The topological polar surface area (TPSA) is 50.7 Å². The van der Waals surface area contributed by atoms with Gasteiger partial charge in [0.15, 0.2) is 5.65 Å². The molecule has 2 heterocycles. The van der Waals surface area contributed by atoms with Gasteiger partial charge in [-0.15, -0.1) is 0 Å². The summed E-state index contributed by atoms with van der Waals surface area (Å²) in [5.74, 6) is 0. The minimum absolute atomic E-state index is 0.224. The molecule has 0 amide bonds. The van der Waals surface area contributed by atoms with Crippen molar-refractivity contribution >= 4 is 11.0 Å². The van der Waals surface area contributed by atoms with E-state index in [0.29, 0.717) is 17.6 Å². The molecule has 0 aliphatic carbocycles. The number of aryl methyl sites for hydroxylation is 2. The van der Waals surface area contributed by atoms with E-state index in [9.17, 15) is 13.6 Å². The first kappa shape index (κ1) is 10.8. The van der Waals surface area contributed by atoms with Gasteiger partial charge in [-0.25, -0.2) is 8.78 Å². The summed E-state index contributed by atoms with van der Waals surface area (Å²) in [5, 5.41) is 4.41. The lowest BCUT2D eigenvalue weighted by Crippen LogP contribution is -2.06. The van der Waals surface area contributed by atoms with Crippen molar-refractivity contribution < 1.29 is 8.78 Å². The van der Waals surface area contributed by atoms with E-state index >= 15 is 0 Å². The zero-order chi connectivity index (χ0) is 11.9. The molecule has 1 N–H and O–H groups in total. The van der Waals surface area contributed by atoms with Gasteiger partial charge in [0.2, 0.25) is 5.56 Å². The largest absolute Gasteiger partial charge is 0.305 e. The monoisotopic (exact) mass is 227 g/mol. The number of aromatic nitrogens is 3. The maximum absolute atomic E-state index is 12.8. The van der Waals surface area contributed by atoms with E-state index in [-0.39, 0.29) is 11.2 Å². The lowest BCUT2D eigenvalue weighted by Gasteiger charge is -2.01. The van der Waals surface area contributed by atoms with E-state index in [4.69, 9.17) is 0 Å². The summed E-state index contributed by atoms with van der Waals surface area (Å²) in [7, 11) is 0. The average molecular weight is 227 g/mol. The predicted molar refractivity (Wildman–Crippen MR) is 55.7 cm³/mol. The number of hydrogen-bond donors (Lipinski definition) is 1. The van der Waals surface area contributed by atoms with Crippen LogP contribution >= 0.6 is 0 Å². The lowest BCUT2D eigenvalue weighted by atomic mass is 10.1. The van der Waals surface area contributed by atoms with Crippen LogP contribution in [0.5, 0.6) is 0 Å². The Kier molecular flexibility index (Phi) is 2.49. The fourth-order valence-electron chi connectivity index (χ4n) is 1.83. The highest BCUT2D eigenvalue weighted by Crippen LogP contribution is 2.27. The maximum Gasteiger partial charge on any atom is 0.264 e. The van der Waals surface area contributed by atoms with Crippen molar-refractivity contribution in [3.8, 4) is 0 Å². The molecule has 16 heavy (non-hydrogen) atoms. The third-order valence-corrected chi connectivity index (χ3v) is 2.56. The molecule has 2 aromatic heterocycles. The van der Waals surface area contributed by atoms with Gasteiger partial charge < -0.3 is 4.98 Å². The number of fused-ring (bicyclic) bond motifs is 1. The molecule has 6 heteroatoms. The van der Waals surface area contributed by atoms with Crippen molar-refractivity contribution in [3.63, 3.8) is 0 Å². The molecule has 86 valence electrons. The Labute approximate surface area is 89.9 Å². The van der Waals surface area contributed by atoms with Crippen LogP contribution in [-0.4, -0.2) is 14.8 Å². The molecule has 0 unspecified atom stereocenters. The summed E-state index contributed by atoms with van der Waals surface area (Å²) >= 11 is 0. The van der Waals surface area contributed by atoms with Crippen LogP contribution < -0.4 is 5.56 Å². The molecular formula is C10H11F2N3O. The third-order valence-electron chi connectivity index (χ3n) is 2.56. The summed E-state index contributed by atoms with van der Waals surface area (Å²) < 4.78 is 27.2. The van der Waals surface area contributed by atoms with Crippen molar-refractivity contribution in [2.24, 2.45) is 0 Å². The summed E-state index contributed by atoms with van der Waals surface area (Å²) in [6, 6.07) is 0.932. The van der Waals surface area contributed by atoms with Gasteiger partial charge >= 0.3 is 0 Å². The normalized spacial score (nSPS) is 11.6. The first-order valence-electron chi connectivity index (χ1n) is 4.93. The molecule has 0 fully saturated rings. The van der Waals surface area contributed by atoms with E-state index in [1.165, 1.54) is 0 Å². The van der Waals surface area contributed by atoms with Crippen molar-refractivity contribution in [1.82, 2.24) is 14.8 Å². The highest BCUT2D eigenvalue weighted by Gasteiger charge is 2.18. The Bertz CT molecular complexity index is 585. The molecule has 4 nitrogen and oxygen atoms in total. The second-order valence-corrected chi connectivity index (χ2v) is 3.51. The fourth-order valence-corrected chi connectivity index (χ4v) is 1.83. The lowest BCUT2D eigenvalue weighted by molar-refractivity contribution is 0.153. The number of hydrogen-bond acceptors (Lipinski definition) is 2. The molecule has 2 rings (SSSR count). The van der Waals surface area contributed by atoms with Crippen LogP contribution in [-0.2, 0) is 6.54 Å². The third kappa shape index (κ3) is 1.50. The van der Waals surface area contributed by atoms with Gasteiger partial charge in [0.05, 0.1) is 0 Å². The number of H-pyrrole nitrogens is 1. The van der Waals surface area contributed by atoms with Gasteiger partial charge in [0.1, 0.15) is 0 Å². The number of pyridine rings is 1. The van der Waals surface area contributed by atoms with Crippen molar-refractivity contribution in [3.05, 3.63) is 27.7 Å². The van der Waals surface area contributed by atoms with E-state index < -0.39 is 12.0 Å². The van der Waals surface area contributed by atoms with Crippen LogP contribution in [0.15, 0.2) is 10.9 Å². The molecular weight excluding hydrogens is 216 g/mol. The molecule has 0 aliphatic heterocycles. The van der Waals surface area contributed by atoms with Crippen LogP contribution in [0.4, 0.5) is 8.78 Å². The van der Waals surface area contributed by atoms with Gasteiger partial charge in [0.25, 0.3) is 6.43 Å². The highest BCUT2D eigenvalue weighted by molar-refractivity contribution is 5.81. The highest BCUT2D eigenvalue weighted by atomic mass is 19.3. The van der Waals surface area contributed by atoms with Crippen molar-refractivity contribution in [1.29, 1.82) is 0 Å². The molecule has 0 bridgehead atoms. The predicted octanol–water partition coefficient (Wildman–Crippen LogP) is 1.99. The Hall–Kier alpha value is -1.72. The van der Waals surface area contributed by atoms with Crippen LogP contribution in [0.3, 0.4) is 0 Å². The number of alkyl halides is 2. The molecule has 0 spiro atoms. The number of aromatic amines is 1. The Balaban J connectivity index is 2.88. The van der Waals surface area contributed by atoms with Crippen LogP contribution in [0.25, 0.3) is 11.0 Å². The minimum Gasteiger partial charge on any atom is -0.305 e. The summed E-state index contributed by atoms with van der Waals surface area (Å²) in [4.78, 5) is 13.6. The average Bonchev–Trinajstić information content (AvgIpc) is 2.54. The number of nitrogens with one attached hydrogen (secondary N) is 1. The van der Waals surface area contributed by atoms with Crippen molar-refractivity contribution in [2.45, 2.75) is 26.8 Å². The van der Waals surface area contributed by atoms with Gasteiger partial charge in [0, 0.05) is 29.3 Å². The number of halogens is 2. The van der Waals surface area contributed by atoms with E-state index in [0.717, 1.165) is 6.07 Å². The fraction of sp³-hybridized carbons (Fsp3) is 0.400. The standard InChI is InChI=1S/C10H11F2N3O/c1-3-15-5(2)8-6(9(11)12)4-7(16)13-10(8)14-15/h4,9H,3H2,1-2H3,(H,13,14,16). The summed E-state index contributed by atoms with van der Waals surface area (Å²) in [5.41, 5.74) is 0.0608. The van der Waals surface area contributed by atoms with Crippen LogP contribution in [0.1, 0.15) is 24.6 Å². The van der Waals surface area contributed by atoms with E-state index in [1.807, 2.05) is 6.92 Å². The molecule has 0 saturated heterocycles. The van der Waals surface area contributed by atoms with E-state index in [1.54, 1.807) is 11.6 Å². The summed E-state index contributed by atoms with van der Waals surface area (Å²) in [6.45, 7) is 4.15. The van der Waals surface area contributed by atoms with Crippen LogP contribution in [0, 0.1) is 6.92 Å². The zero-order valence-corrected chi connectivity index (χ0v) is 8.92. The van der Waals surface area contributed by atoms with Gasteiger partial charge in [-0.1, -0.05) is 0 Å². The molecule has 0 aliphatic rings. The second kappa shape index (κ2) is 3.70. The smallest absolute Gasteiger partial charge is 0.264 e. The molecule has 0 atom stereocenters. The van der Waals surface area contributed by atoms with Gasteiger partial charge in [-0.3, -0.25) is 9.48 Å². The minimum atomic E-state index is -2.67. The van der Waals surface area contributed by atoms with Crippen molar-refractivity contribution in [2.75, 3.05) is 0 Å².